The number of nitrogens with one attached hydrogen (secondary N) is 2. The van der Waals surface area contributed by atoms with Gasteiger partial charge < -0.3 is 0 Å². The summed E-state index contributed by atoms with van der Waals surface area (Å²) in [4.78, 5) is 3.53. The van der Waals surface area contributed by atoms with E-state index in [1.165, 1.54) is 6.33 Å². The van der Waals surface area contributed by atoms with E-state index in [0.29, 0.717) is 0 Å². The van der Waals surface area contributed by atoms with Crippen molar-refractivity contribution in [2.75, 3.05) is 4.72 Å². The molecule has 1 atom stereocenters. The number of hydrogen-bond donors (Lipinski definition) is 3. The van der Waals surface area contributed by atoms with Gasteiger partial charge in [0.1, 0.15) is 6.33 Å². The molecule has 3 N–H and O–H groups in total. The Morgan fingerprint density at radius 3 is 3.11 bits per heavy atom. The minimum Gasteiger partial charge on any atom is -0.289 e. The monoisotopic (exact) mass is 148 g/mol. The summed E-state index contributed by atoms with van der Waals surface area (Å²) in [5.74, 6) is 0.177. The second kappa shape index (κ2) is 2.55. The van der Waals surface area contributed by atoms with Crippen LogP contribution in [-0.2, 0) is 11.3 Å². The number of aromatic nitrogens is 3. The fraction of sp³-hybridized carbons (Fsp3) is 0. The molecule has 1 aromatic rings. The molecule has 0 aliphatic rings. The highest BCUT2D eigenvalue weighted by Gasteiger charge is 1.94. The number of hydrogen-bond acceptors (Lipinski definition) is 3. The van der Waals surface area contributed by atoms with Gasteiger partial charge in [-0.25, -0.2) is 9.31 Å². The zero-order valence-electron chi connectivity index (χ0n) is 4.24. The van der Waals surface area contributed by atoms with Crippen molar-refractivity contribution in [3.63, 3.8) is 0 Å². The fourth-order valence-electron chi connectivity index (χ4n) is 0.337. The van der Waals surface area contributed by atoms with Gasteiger partial charge in [0.2, 0.25) is 5.95 Å². The summed E-state index contributed by atoms with van der Waals surface area (Å²) in [6, 6.07) is 0. The van der Waals surface area contributed by atoms with Gasteiger partial charge in [0.15, 0.2) is 0 Å². The topological polar surface area (TPSA) is 90.9 Å². The van der Waals surface area contributed by atoms with Gasteiger partial charge in [-0.1, -0.05) is 0 Å². The van der Waals surface area contributed by atoms with Crippen LogP contribution < -0.4 is 4.72 Å². The molecule has 0 saturated heterocycles. The van der Waals surface area contributed by atoms with Crippen LogP contribution in [0.1, 0.15) is 0 Å². The summed E-state index contributed by atoms with van der Waals surface area (Å²) in [5.41, 5.74) is 0. The lowest BCUT2D eigenvalue weighted by Crippen LogP contribution is -2.02. The van der Waals surface area contributed by atoms with Crippen molar-refractivity contribution in [3.8, 4) is 0 Å². The van der Waals surface area contributed by atoms with Gasteiger partial charge >= 0.3 is 0 Å². The van der Waals surface area contributed by atoms with Gasteiger partial charge in [-0.3, -0.25) is 9.27 Å². The number of aromatic amines is 1. The number of H-pyrrole nitrogens is 1. The van der Waals surface area contributed by atoms with Crippen molar-refractivity contribution in [1.82, 2.24) is 15.2 Å². The molecule has 0 radical (unpaired) electrons. The van der Waals surface area contributed by atoms with Gasteiger partial charge in [0, 0.05) is 0 Å². The van der Waals surface area contributed by atoms with E-state index in [4.69, 9.17) is 4.55 Å². The van der Waals surface area contributed by atoms with Crippen LogP contribution in [0.25, 0.3) is 0 Å². The third-order valence-corrected chi connectivity index (χ3v) is 0.967. The Labute approximate surface area is 53.1 Å². The minimum absolute atomic E-state index is 0.177. The van der Waals surface area contributed by atoms with Gasteiger partial charge in [-0.15, -0.1) is 0 Å². The highest BCUT2D eigenvalue weighted by Crippen LogP contribution is 1.90. The average molecular weight is 148 g/mol. The molecule has 0 bridgehead atoms. The lowest BCUT2D eigenvalue weighted by molar-refractivity contribution is 0.570. The summed E-state index contributed by atoms with van der Waals surface area (Å²) in [6.45, 7) is 0. The molecule has 50 valence electrons. The largest absolute Gasteiger partial charge is 0.289 e. The lowest BCUT2D eigenvalue weighted by Gasteiger charge is -1.90. The Balaban J connectivity index is 2.58. The van der Waals surface area contributed by atoms with Crippen molar-refractivity contribution in [3.05, 3.63) is 6.33 Å². The molecule has 9 heavy (non-hydrogen) atoms. The molecule has 0 amide bonds. The minimum atomic E-state index is -2.08. The first-order valence-corrected chi connectivity index (χ1v) is 3.12. The van der Waals surface area contributed by atoms with E-state index >= 15 is 0 Å². The van der Waals surface area contributed by atoms with Crippen LogP contribution in [0, 0.1) is 0 Å². The molecule has 1 heterocycles. The smallest absolute Gasteiger partial charge is 0.261 e. The van der Waals surface area contributed by atoms with E-state index in [-0.39, 0.29) is 5.95 Å². The van der Waals surface area contributed by atoms with Crippen LogP contribution in [0.15, 0.2) is 6.33 Å². The third-order valence-electron chi connectivity index (χ3n) is 0.599. The molecule has 7 heteroatoms. The van der Waals surface area contributed by atoms with Gasteiger partial charge in [-0.05, 0) is 0 Å². The average Bonchev–Trinajstić information content (AvgIpc) is 2.15. The standard InChI is InChI=1S/C2H4N4O2S/c7-9(8)6-2-3-1-4-5-2/h1H,(H,7,8)(H2,3,4,5,6). The van der Waals surface area contributed by atoms with Crippen molar-refractivity contribution >= 4 is 17.2 Å². The Kier molecular flexibility index (Phi) is 1.75. The van der Waals surface area contributed by atoms with Crippen LogP contribution >= 0.6 is 0 Å². The lowest BCUT2D eigenvalue weighted by atomic mass is 11.1. The molecule has 0 aliphatic carbocycles. The summed E-state index contributed by atoms with van der Waals surface area (Å²) in [7, 11) is 0. The summed E-state index contributed by atoms with van der Waals surface area (Å²) in [5, 5.41) is 5.77. The SMILES string of the molecule is O=S(O)Nc1ncn[nH]1. The fourth-order valence-corrected chi connectivity index (χ4v) is 0.601. The molecule has 6 nitrogen and oxygen atoms in total. The zero-order chi connectivity index (χ0) is 6.69. The Morgan fingerprint density at radius 2 is 2.67 bits per heavy atom. The van der Waals surface area contributed by atoms with E-state index in [2.05, 4.69) is 19.9 Å². The molecule has 0 aromatic carbocycles. The van der Waals surface area contributed by atoms with Crippen LogP contribution in [0.2, 0.25) is 0 Å². The van der Waals surface area contributed by atoms with Crippen LogP contribution in [0.3, 0.4) is 0 Å². The predicted octanol–water partition coefficient (Wildman–Crippen LogP) is -0.647. The number of nitrogens with zero attached hydrogens (tertiary/aromatic N) is 2. The van der Waals surface area contributed by atoms with Crippen molar-refractivity contribution in [2.24, 2.45) is 0 Å². The first-order chi connectivity index (χ1) is 4.29. The maximum Gasteiger partial charge on any atom is 0.261 e. The summed E-state index contributed by atoms with van der Waals surface area (Å²) < 4.78 is 20.3. The van der Waals surface area contributed by atoms with Gasteiger partial charge in [-0.2, -0.15) is 10.1 Å². The first kappa shape index (κ1) is 6.17. The Bertz CT molecular complexity index is 196. The van der Waals surface area contributed by atoms with Crippen LogP contribution in [-0.4, -0.2) is 23.9 Å². The molecule has 0 aliphatic heterocycles. The van der Waals surface area contributed by atoms with E-state index in [1.807, 2.05) is 0 Å². The molecule has 1 unspecified atom stereocenters. The van der Waals surface area contributed by atoms with Crippen LogP contribution in [0.5, 0.6) is 0 Å². The number of rotatable bonds is 2. The van der Waals surface area contributed by atoms with E-state index in [1.54, 1.807) is 0 Å². The van der Waals surface area contributed by atoms with E-state index in [9.17, 15) is 4.21 Å². The normalized spacial score (nSPS) is 13.0. The first-order valence-electron chi connectivity index (χ1n) is 2.02. The molecule has 1 aromatic heterocycles. The molecule has 0 saturated carbocycles. The molecule has 0 spiro atoms. The summed E-state index contributed by atoms with van der Waals surface area (Å²) >= 11 is -2.08. The molecular formula is C2H4N4O2S. The zero-order valence-corrected chi connectivity index (χ0v) is 5.05. The summed E-state index contributed by atoms with van der Waals surface area (Å²) in [6.07, 6.45) is 1.23. The van der Waals surface area contributed by atoms with E-state index < -0.39 is 11.3 Å². The van der Waals surface area contributed by atoms with E-state index in [0.717, 1.165) is 0 Å². The second-order valence-corrected chi connectivity index (χ2v) is 1.89. The number of anilines is 1. The molecular weight excluding hydrogens is 144 g/mol. The molecule has 1 rings (SSSR count). The van der Waals surface area contributed by atoms with Crippen molar-refractivity contribution < 1.29 is 8.76 Å². The van der Waals surface area contributed by atoms with Gasteiger partial charge in [0.05, 0.1) is 0 Å². The Hall–Kier alpha value is -0.950. The van der Waals surface area contributed by atoms with Crippen molar-refractivity contribution in [1.29, 1.82) is 0 Å². The highest BCUT2D eigenvalue weighted by atomic mass is 32.2. The predicted molar refractivity (Wildman–Crippen MR) is 30.8 cm³/mol. The van der Waals surface area contributed by atoms with Crippen molar-refractivity contribution in [2.45, 2.75) is 0 Å². The van der Waals surface area contributed by atoms with Gasteiger partial charge in [0.25, 0.3) is 11.3 Å². The quantitative estimate of drug-likeness (QED) is 0.486. The molecule has 0 fully saturated rings. The second-order valence-electron chi connectivity index (χ2n) is 1.19. The Morgan fingerprint density at radius 1 is 1.89 bits per heavy atom. The maximum atomic E-state index is 9.98. The van der Waals surface area contributed by atoms with Crippen LogP contribution in [0.4, 0.5) is 5.95 Å². The third kappa shape index (κ3) is 1.78. The highest BCUT2D eigenvalue weighted by molar-refractivity contribution is 7.80. The maximum absolute atomic E-state index is 9.98.